The highest BCUT2D eigenvalue weighted by Gasteiger charge is 2.24. The summed E-state index contributed by atoms with van der Waals surface area (Å²) >= 11 is 0. The highest BCUT2D eigenvalue weighted by atomic mass is 16.3. The van der Waals surface area contributed by atoms with Crippen LogP contribution in [-0.2, 0) is 4.79 Å². The van der Waals surface area contributed by atoms with Crippen LogP contribution in [0.25, 0.3) is 0 Å². The summed E-state index contributed by atoms with van der Waals surface area (Å²) in [6.45, 7) is 6.44. The number of aliphatic hydroxyl groups is 1. The van der Waals surface area contributed by atoms with Crippen molar-refractivity contribution in [3.8, 4) is 0 Å². The Kier molecular flexibility index (Phi) is 4.78. The molecule has 1 aliphatic carbocycles. The first-order valence-corrected chi connectivity index (χ1v) is 6.37. The van der Waals surface area contributed by atoms with Crippen molar-refractivity contribution in [3.63, 3.8) is 0 Å². The molecule has 94 valence electrons. The Morgan fingerprint density at radius 1 is 1.31 bits per heavy atom. The highest BCUT2D eigenvalue weighted by molar-refractivity contribution is 5.81. The molecule has 3 nitrogen and oxygen atoms in total. The monoisotopic (exact) mass is 227 g/mol. The van der Waals surface area contributed by atoms with Crippen molar-refractivity contribution in [3.05, 3.63) is 0 Å². The van der Waals surface area contributed by atoms with E-state index >= 15 is 0 Å². The Balaban J connectivity index is 2.22. The first-order valence-electron chi connectivity index (χ1n) is 6.37. The molecule has 2 atom stereocenters. The standard InChI is InChI=1S/C13H25NO2/c1-13(2,3)12(16)14-9-8-10-6-4-5-7-11(10)15/h10-11,15H,4-9H2,1-3H3,(H,14,16). The molecule has 0 saturated heterocycles. The van der Waals surface area contributed by atoms with Crippen LogP contribution in [0.4, 0.5) is 0 Å². The van der Waals surface area contributed by atoms with Gasteiger partial charge in [0.05, 0.1) is 6.10 Å². The maximum absolute atomic E-state index is 11.6. The van der Waals surface area contributed by atoms with E-state index < -0.39 is 0 Å². The quantitative estimate of drug-likeness (QED) is 0.775. The van der Waals surface area contributed by atoms with Crippen LogP contribution in [0.15, 0.2) is 0 Å². The van der Waals surface area contributed by atoms with Gasteiger partial charge in [-0.1, -0.05) is 33.6 Å². The van der Waals surface area contributed by atoms with Gasteiger partial charge in [-0.2, -0.15) is 0 Å². The number of amides is 1. The Labute approximate surface area is 98.6 Å². The van der Waals surface area contributed by atoms with Crippen LogP contribution in [0.2, 0.25) is 0 Å². The van der Waals surface area contributed by atoms with E-state index in [1.54, 1.807) is 0 Å². The minimum Gasteiger partial charge on any atom is -0.393 e. The van der Waals surface area contributed by atoms with Gasteiger partial charge in [-0.25, -0.2) is 0 Å². The van der Waals surface area contributed by atoms with Crippen molar-refractivity contribution in [1.29, 1.82) is 0 Å². The van der Waals surface area contributed by atoms with Crippen molar-refractivity contribution >= 4 is 5.91 Å². The number of carbonyl (C=O) groups is 1. The summed E-state index contributed by atoms with van der Waals surface area (Å²) in [5, 5.41) is 12.7. The molecular weight excluding hydrogens is 202 g/mol. The van der Waals surface area contributed by atoms with Crippen LogP contribution >= 0.6 is 0 Å². The third-order valence-corrected chi connectivity index (χ3v) is 3.35. The summed E-state index contributed by atoms with van der Waals surface area (Å²) in [6, 6.07) is 0. The average molecular weight is 227 g/mol. The fourth-order valence-electron chi connectivity index (χ4n) is 2.16. The van der Waals surface area contributed by atoms with Gasteiger partial charge in [0.1, 0.15) is 0 Å². The number of aliphatic hydroxyl groups excluding tert-OH is 1. The molecule has 1 rings (SSSR count). The van der Waals surface area contributed by atoms with Gasteiger partial charge in [0.25, 0.3) is 0 Å². The van der Waals surface area contributed by atoms with Crippen molar-refractivity contribution in [2.24, 2.45) is 11.3 Å². The average Bonchev–Trinajstić information content (AvgIpc) is 2.19. The zero-order chi connectivity index (χ0) is 12.2. The molecule has 0 bridgehead atoms. The zero-order valence-electron chi connectivity index (χ0n) is 10.8. The fourth-order valence-corrected chi connectivity index (χ4v) is 2.16. The Morgan fingerprint density at radius 3 is 2.50 bits per heavy atom. The number of nitrogens with one attached hydrogen (secondary N) is 1. The summed E-state index contributed by atoms with van der Waals surface area (Å²) in [6.07, 6.45) is 5.15. The second kappa shape index (κ2) is 5.67. The molecule has 0 aliphatic heterocycles. The predicted molar refractivity (Wildman–Crippen MR) is 65.0 cm³/mol. The van der Waals surface area contributed by atoms with Gasteiger partial charge in [-0.3, -0.25) is 4.79 Å². The summed E-state index contributed by atoms with van der Waals surface area (Å²) in [5.41, 5.74) is -0.314. The molecule has 3 heteroatoms. The number of hydrogen-bond acceptors (Lipinski definition) is 2. The second-order valence-corrected chi connectivity index (χ2v) is 5.91. The molecule has 1 fully saturated rings. The lowest BCUT2D eigenvalue weighted by Crippen LogP contribution is -2.37. The molecule has 2 unspecified atom stereocenters. The van der Waals surface area contributed by atoms with E-state index in [-0.39, 0.29) is 17.4 Å². The van der Waals surface area contributed by atoms with Gasteiger partial charge in [0.15, 0.2) is 0 Å². The van der Waals surface area contributed by atoms with E-state index in [1.165, 1.54) is 6.42 Å². The first-order chi connectivity index (χ1) is 7.41. The van der Waals surface area contributed by atoms with Crippen LogP contribution < -0.4 is 5.32 Å². The molecule has 0 aromatic carbocycles. The third kappa shape index (κ3) is 4.12. The molecule has 16 heavy (non-hydrogen) atoms. The third-order valence-electron chi connectivity index (χ3n) is 3.35. The van der Waals surface area contributed by atoms with Gasteiger partial charge in [0.2, 0.25) is 5.91 Å². The van der Waals surface area contributed by atoms with Crippen LogP contribution in [0.3, 0.4) is 0 Å². The second-order valence-electron chi connectivity index (χ2n) is 5.91. The molecule has 1 aliphatic rings. The molecular formula is C13H25NO2. The maximum atomic E-state index is 11.6. The topological polar surface area (TPSA) is 49.3 Å². The summed E-state index contributed by atoms with van der Waals surface area (Å²) in [7, 11) is 0. The van der Waals surface area contributed by atoms with Gasteiger partial charge >= 0.3 is 0 Å². The van der Waals surface area contributed by atoms with E-state index in [0.717, 1.165) is 25.7 Å². The largest absolute Gasteiger partial charge is 0.393 e. The predicted octanol–water partition coefficient (Wildman–Crippen LogP) is 2.09. The molecule has 0 aromatic heterocycles. The number of hydrogen-bond donors (Lipinski definition) is 2. The van der Waals surface area contributed by atoms with Crippen LogP contribution in [0.5, 0.6) is 0 Å². The van der Waals surface area contributed by atoms with Crippen molar-refractivity contribution < 1.29 is 9.90 Å². The van der Waals surface area contributed by atoms with Crippen LogP contribution in [0, 0.1) is 11.3 Å². The molecule has 0 aromatic rings. The van der Waals surface area contributed by atoms with E-state index in [2.05, 4.69) is 5.32 Å². The van der Waals surface area contributed by atoms with Gasteiger partial charge in [-0.05, 0) is 25.2 Å². The van der Waals surface area contributed by atoms with Gasteiger partial charge in [-0.15, -0.1) is 0 Å². The molecule has 1 saturated carbocycles. The van der Waals surface area contributed by atoms with Crippen molar-refractivity contribution in [2.45, 2.75) is 59.0 Å². The molecule has 1 amide bonds. The van der Waals surface area contributed by atoms with Crippen LogP contribution in [-0.4, -0.2) is 23.7 Å². The SMILES string of the molecule is CC(C)(C)C(=O)NCCC1CCCCC1O. The van der Waals surface area contributed by atoms with E-state index in [9.17, 15) is 9.90 Å². The zero-order valence-corrected chi connectivity index (χ0v) is 10.8. The highest BCUT2D eigenvalue weighted by Crippen LogP contribution is 2.26. The number of rotatable bonds is 3. The van der Waals surface area contributed by atoms with E-state index in [4.69, 9.17) is 0 Å². The van der Waals surface area contributed by atoms with E-state index in [0.29, 0.717) is 12.5 Å². The lowest BCUT2D eigenvalue weighted by atomic mass is 9.84. The molecule has 0 heterocycles. The first kappa shape index (κ1) is 13.5. The Hall–Kier alpha value is -0.570. The Bertz CT molecular complexity index is 233. The molecule has 2 N–H and O–H groups in total. The molecule has 0 spiro atoms. The minimum absolute atomic E-state index is 0.0952. The summed E-state index contributed by atoms with van der Waals surface area (Å²) in [4.78, 5) is 11.6. The van der Waals surface area contributed by atoms with Crippen molar-refractivity contribution in [2.75, 3.05) is 6.54 Å². The Morgan fingerprint density at radius 2 is 1.94 bits per heavy atom. The fraction of sp³-hybridized carbons (Fsp3) is 0.923. The smallest absolute Gasteiger partial charge is 0.225 e. The summed E-state index contributed by atoms with van der Waals surface area (Å²) < 4.78 is 0. The lowest BCUT2D eigenvalue weighted by Gasteiger charge is -2.28. The number of carbonyl (C=O) groups excluding carboxylic acids is 1. The van der Waals surface area contributed by atoms with Crippen molar-refractivity contribution in [1.82, 2.24) is 5.32 Å². The minimum atomic E-state index is -0.314. The van der Waals surface area contributed by atoms with Gasteiger partial charge in [0, 0.05) is 12.0 Å². The van der Waals surface area contributed by atoms with Crippen LogP contribution in [0.1, 0.15) is 52.9 Å². The maximum Gasteiger partial charge on any atom is 0.225 e. The normalized spacial score (nSPS) is 26.5. The van der Waals surface area contributed by atoms with Gasteiger partial charge < -0.3 is 10.4 Å². The van der Waals surface area contributed by atoms with E-state index in [1.807, 2.05) is 20.8 Å². The lowest BCUT2D eigenvalue weighted by molar-refractivity contribution is -0.128. The molecule has 0 radical (unpaired) electrons. The summed E-state index contributed by atoms with van der Waals surface area (Å²) in [5.74, 6) is 0.479.